The zero-order chi connectivity index (χ0) is 23.5. The first-order valence-corrected chi connectivity index (χ1v) is 13.1. The predicted octanol–water partition coefficient (Wildman–Crippen LogP) is 0.931. The second-order valence-corrected chi connectivity index (χ2v) is 11.9. The van der Waals surface area contributed by atoms with E-state index in [0.29, 0.717) is 38.6 Å². The molecule has 0 radical (unpaired) electrons. The molecule has 3 aliphatic rings. The third-order valence-electron chi connectivity index (χ3n) is 6.97. The van der Waals surface area contributed by atoms with Crippen LogP contribution in [0.4, 0.5) is 0 Å². The summed E-state index contributed by atoms with van der Waals surface area (Å²) >= 11 is 0. The van der Waals surface area contributed by atoms with Crippen LogP contribution in [0.15, 0.2) is 12.2 Å². The molecule has 2 aliphatic carbocycles. The summed E-state index contributed by atoms with van der Waals surface area (Å²) in [6.07, 6.45) is 11.5. The Balaban J connectivity index is 1.27. The smallest absolute Gasteiger partial charge is 0.240 e. The molecule has 2 saturated carbocycles. The average molecular weight is 469 g/mol. The lowest BCUT2D eigenvalue weighted by Gasteiger charge is -2.25. The van der Waals surface area contributed by atoms with Gasteiger partial charge in [-0.15, -0.1) is 0 Å². The number of nitrogens with one attached hydrogen (secondary N) is 1. The van der Waals surface area contributed by atoms with Crippen LogP contribution in [0.1, 0.15) is 71.1 Å². The van der Waals surface area contributed by atoms with Crippen LogP contribution in [0.2, 0.25) is 0 Å². The number of nitrogens with zero attached hydrogens (tertiary/aromatic N) is 1. The molecule has 0 aromatic heterocycles. The summed E-state index contributed by atoms with van der Waals surface area (Å²) in [5.41, 5.74) is 11.4. The average Bonchev–Trinajstić information content (AvgIpc) is 3.62. The maximum absolute atomic E-state index is 12.5. The Bertz CT molecular complexity index is 868. The predicted molar refractivity (Wildman–Crippen MR) is 120 cm³/mol. The summed E-state index contributed by atoms with van der Waals surface area (Å²) in [4.78, 5) is 37.6. The fourth-order valence-electron chi connectivity index (χ4n) is 4.24. The number of rotatable bonds is 12. The van der Waals surface area contributed by atoms with E-state index in [-0.39, 0.29) is 23.7 Å². The Morgan fingerprint density at radius 1 is 1.22 bits per heavy atom. The van der Waals surface area contributed by atoms with Crippen molar-refractivity contribution in [2.24, 2.45) is 23.3 Å². The number of nitrogens with two attached hydrogens (primary N) is 2. The Morgan fingerprint density at radius 2 is 1.94 bits per heavy atom. The summed E-state index contributed by atoms with van der Waals surface area (Å²) in [5.74, 6) is -1.18. The zero-order valence-electron chi connectivity index (χ0n) is 18.8. The van der Waals surface area contributed by atoms with E-state index in [1.54, 1.807) is 6.92 Å². The van der Waals surface area contributed by atoms with Crippen LogP contribution < -0.4 is 16.2 Å². The Kier molecular flexibility index (Phi) is 7.65. The molecule has 3 rings (SSSR count). The highest BCUT2D eigenvalue weighted by Crippen LogP contribution is 2.44. The van der Waals surface area contributed by atoms with E-state index in [1.807, 2.05) is 12.2 Å². The number of amides is 3. The minimum Gasteiger partial charge on any atom is -0.368 e. The van der Waals surface area contributed by atoms with Crippen molar-refractivity contribution in [3.05, 3.63) is 12.2 Å². The van der Waals surface area contributed by atoms with E-state index in [0.717, 1.165) is 32.1 Å². The molecular weight excluding hydrogens is 432 g/mol. The summed E-state index contributed by atoms with van der Waals surface area (Å²) in [5, 5.41) is 0. The van der Waals surface area contributed by atoms with Gasteiger partial charge in [-0.2, -0.15) is 0 Å². The first-order valence-electron chi connectivity index (χ1n) is 11.6. The number of allylic oxidation sites excluding steroid dienone is 2. The largest absolute Gasteiger partial charge is 0.368 e. The number of hydrogen-bond acceptors (Lipinski definition) is 6. The lowest BCUT2D eigenvalue weighted by Crippen LogP contribution is -2.50. The van der Waals surface area contributed by atoms with Crippen molar-refractivity contribution in [3.63, 3.8) is 0 Å². The lowest BCUT2D eigenvalue weighted by molar-refractivity contribution is -0.138. The summed E-state index contributed by atoms with van der Waals surface area (Å²) in [7, 11) is -3.56. The Morgan fingerprint density at radius 3 is 2.59 bits per heavy atom. The van der Waals surface area contributed by atoms with Gasteiger partial charge in [0.2, 0.25) is 27.7 Å². The molecule has 9 nitrogen and oxygen atoms in total. The number of carbonyl (C=O) groups excluding carboxylic acids is 3. The van der Waals surface area contributed by atoms with E-state index in [1.165, 1.54) is 4.90 Å². The molecule has 0 aromatic carbocycles. The Labute approximate surface area is 190 Å². The van der Waals surface area contributed by atoms with Gasteiger partial charge in [0.15, 0.2) is 0 Å². The fraction of sp³-hybridized carbons (Fsp3) is 0.773. The van der Waals surface area contributed by atoms with Gasteiger partial charge in [0, 0.05) is 12.5 Å². The standard InChI is InChI=1S/C22H36N4O5S/c1-22(11-12-22)32(30,31)25-20(28)16-14-15(16)8-5-3-2-4-6-9-17(23)21(29)26-13-7-10-18(26)19(24)27/h5,8,15-18H,2-4,6-7,9-14,23H2,1H3,(H2,24,27)(H,25,28)/b8-5-/t15-,16+,17+,18+/m1/s1. The molecule has 1 saturated heterocycles. The molecule has 1 heterocycles. The van der Waals surface area contributed by atoms with Crippen molar-refractivity contribution in [2.75, 3.05) is 6.54 Å². The van der Waals surface area contributed by atoms with Gasteiger partial charge in [-0.3, -0.25) is 19.1 Å². The molecule has 32 heavy (non-hydrogen) atoms. The summed E-state index contributed by atoms with van der Waals surface area (Å²) in [6.45, 7) is 2.20. The van der Waals surface area contributed by atoms with E-state index >= 15 is 0 Å². The SMILES string of the molecule is CC1(S(=O)(=O)NC(=O)[C@H]2C[C@H]2/C=C\CCCCC[C@H](N)C(=O)N2CCC[C@H]2C(N)=O)CC1. The first kappa shape index (κ1) is 24.7. The van der Waals surface area contributed by atoms with Crippen molar-refractivity contribution >= 4 is 27.7 Å². The van der Waals surface area contributed by atoms with E-state index in [2.05, 4.69) is 4.72 Å². The summed E-state index contributed by atoms with van der Waals surface area (Å²) in [6, 6.07) is -1.13. The third kappa shape index (κ3) is 5.89. The van der Waals surface area contributed by atoms with Gasteiger partial charge in [0.05, 0.1) is 10.8 Å². The van der Waals surface area contributed by atoms with Crippen molar-refractivity contribution in [2.45, 2.75) is 88.0 Å². The topological polar surface area (TPSA) is 153 Å². The second-order valence-electron chi connectivity index (χ2n) is 9.69. The number of primary amides is 1. The maximum atomic E-state index is 12.5. The number of sulfonamides is 1. The van der Waals surface area contributed by atoms with E-state index < -0.39 is 32.8 Å². The molecule has 1 aliphatic heterocycles. The molecular formula is C22H36N4O5S. The number of hydrogen-bond donors (Lipinski definition) is 3. The van der Waals surface area contributed by atoms with Crippen LogP contribution in [0, 0.1) is 11.8 Å². The minimum absolute atomic E-state index is 0.113. The molecule has 3 amide bonds. The van der Waals surface area contributed by atoms with Crippen molar-refractivity contribution in [1.29, 1.82) is 0 Å². The van der Waals surface area contributed by atoms with Crippen LogP contribution in [-0.2, 0) is 24.4 Å². The first-order chi connectivity index (χ1) is 15.1. The van der Waals surface area contributed by atoms with Gasteiger partial charge in [0.25, 0.3) is 0 Å². The molecule has 0 bridgehead atoms. The minimum atomic E-state index is -3.56. The highest BCUT2D eigenvalue weighted by molar-refractivity contribution is 7.91. The normalized spacial score (nSPS) is 27.3. The monoisotopic (exact) mass is 468 g/mol. The number of likely N-dealkylation sites (tertiary alicyclic amines) is 1. The molecule has 4 atom stereocenters. The molecule has 0 unspecified atom stereocenters. The van der Waals surface area contributed by atoms with Crippen LogP contribution in [-0.4, -0.2) is 54.4 Å². The molecule has 5 N–H and O–H groups in total. The van der Waals surface area contributed by atoms with Crippen molar-refractivity contribution < 1.29 is 22.8 Å². The highest BCUT2D eigenvalue weighted by atomic mass is 32.2. The van der Waals surface area contributed by atoms with Gasteiger partial charge >= 0.3 is 0 Å². The van der Waals surface area contributed by atoms with Crippen LogP contribution in [0.5, 0.6) is 0 Å². The van der Waals surface area contributed by atoms with E-state index in [9.17, 15) is 22.8 Å². The van der Waals surface area contributed by atoms with Crippen molar-refractivity contribution in [3.8, 4) is 0 Å². The summed E-state index contributed by atoms with van der Waals surface area (Å²) < 4.78 is 25.7. The molecule has 3 fully saturated rings. The van der Waals surface area contributed by atoms with Gasteiger partial charge < -0.3 is 16.4 Å². The number of carbonyl (C=O) groups is 3. The molecule has 0 aromatic rings. The van der Waals surface area contributed by atoms with Gasteiger partial charge in [-0.05, 0) is 64.2 Å². The third-order valence-corrected chi connectivity index (χ3v) is 9.14. The van der Waals surface area contributed by atoms with Gasteiger partial charge in [0.1, 0.15) is 6.04 Å². The molecule has 180 valence electrons. The lowest BCUT2D eigenvalue weighted by atomic mass is 10.1. The van der Waals surface area contributed by atoms with Gasteiger partial charge in [-0.25, -0.2) is 8.42 Å². The van der Waals surface area contributed by atoms with Gasteiger partial charge in [-0.1, -0.05) is 25.0 Å². The fourth-order valence-corrected chi connectivity index (χ4v) is 5.54. The van der Waals surface area contributed by atoms with Crippen LogP contribution in [0.25, 0.3) is 0 Å². The van der Waals surface area contributed by atoms with E-state index in [4.69, 9.17) is 11.5 Å². The van der Waals surface area contributed by atoms with Crippen LogP contribution >= 0.6 is 0 Å². The number of unbranched alkanes of at least 4 members (excludes halogenated alkanes) is 3. The Hall–Kier alpha value is -1.94. The molecule has 10 heteroatoms. The molecule has 0 spiro atoms. The quantitative estimate of drug-likeness (QED) is 0.286. The highest BCUT2D eigenvalue weighted by Gasteiger charge is 2.52. The van der Waals surface area contributed by atoms with Crippen LogP contribution in [0.3, 0.4) is 0 Å². The maximum Gasteiger partial charge on any atom is 0.240 e. The second kappa shape index (κ2) is 9.91. The van der Waals surface area contributed by atoms with Crippen molar-refractivity contribution in [1.82, 2.24) is 9.62 Å². The zero-order valence-corrected chi connectivity index (χ0v) is 19.6.